The summed E-state index contributed by atoms with van der Waals surface area (Å²) in [5.74, 6) is 0. The predicted molar refractivity (Wildman–Crippen MR) is 69.1 cm³/mol. The zero-order valence-corrected chi connectivity index (χ0v) is 10.3. The zero-order valence-electron chi connectivity index (χ0n) is 8.05. The van der Waals surface area contributed by atoms with E-state index in [1.807, 2.05) is 0 Å². The molecule has 0 bridgehead atoms. The third kappa shape index (κ3) is 2.24. The first-order valence-electron chi connectivity index (χ1n) is 4.44. The van der Waals surface area contributed by atoms with Gasteiger partial charge in [-0.3, -0.25) is 4.98 Å². The number of pyridine rings is 1. The second-order valence-electron chi connectivity index (χ2n) is 3.23. The van der Waals surface area contributed by atoms with E-state index in [9.17, 15) is 0 Å². The van der Waals surface area contributed by atoms with Gasteiger partial charge in [0.05, 0.1) is 32.6 Å². The van der Waals surface area contributed by atoms with Crippen molar-refractivity contribution in [2.45, 2.75) is 0 Å². The molecule has 2 aromatic rings. The van der Waals surface area contributed by atoms with Crippen molar-refractivity contribution in [3.05, 3.63) is 45.5 Å². The Hall–Kier alpha value is -0.960. The normalized spacial score (nSPS) is 10.4. The molecule has 16 heavy (non-hydrogen) atoms. The Morgan fingerprint density at radius 2 is 1.69 bits per heavy atom. The largest absolute Gasteiger partial charge is 0.397 e. The molecule has 0 spiro atoms. The van der Waals surface area contributed by atoms with Crippen molar-refractivity contribution in [1.82, 2.24) is 4.98 Å². The number of anilines is 1. The van der Waals surface area contributed by atoms with E-state index in [1.54, 1.807) is 30.5 Å². The number of halogens is 3. The quantitative estimate of drug-likeness (QED) is 0.842. The number of hydrogen-bond donors (Lipinski definition) is 1. The molecule has 0 saturated heterocycles. The van der Waals surface area contributed by atoms with E-state index in [4.69, 9.17) is 40.5 Å². The van der Waals surface area contributed by atoms with Crippen LogP contribution in [0.1, 0.15) is 0 Å². The van der Waals surface area contributed by atoms with Gasteiger partial charge in [-0.2, -0.15) is 0 Å². The van der Waals surface area contributed by atoms with Crippen LogP contribution in [0.5, 0.6) is 0 Å². The van der Waals surface area contributed by atoms with E-state index in [1.165, 1.54) is 0 Å². The van der Waals surface area contributed by atoms with E-state index >= 15 is 0 Å². The highest BCUT2D eigenvalue weighted by Gasteiger charge is 2.07. The molecule has 0 aliphatic heterocycles. The third-order valence-corrected chi connectivity index (χ3v) is 3.08. The fraction of sp³-hybridized carbons (Fsp3) is 0. The van der Waals surface area contributed by atoms with Crippen molar-refractivity contribution in [3.63, 3.8) is 0 Å². The minimum absolute atomic E-state index is 0.467. The molecule has 82 valence electrons. The molecular weight excluding hydrogens is 266 g/mol. The average molecular weight is 274 g/mol. The van der Waals surface area contributed by atoms with E-state index in [0.29, 0.717) is 26.4 Å². The number of benzene rings is 1. The minimum Gasteiger partial charge on any atom is -0.397 e. The van der Waals surface area contributed by atoms with Crippen molar-refractivity contribution in [3.8, 4) is 11.3 Å². The van der Waals surface area contributed by atoms with Crippen LogP contribution in [0.3, 0.4) is 0 Å². The summed E-state index contributed by atoms with van der Waals surface area (Å²) in [7, 11) is 0. The fourth-order valence-electron chi connectivity index (χ4n) is 1.31. The van der Waals surface area contributed by atoms with Crippen molar-refractivity contribution in [2.75, 3.05) is 5.73 Å². The topological polar surface area (TPSA) is 38.9 Å². The third-order valence-electron chi connectivity index (χ3n) is 2.06. The molecule has 0 atom stereocenters. The SMILES string of the molecule is Nc1cnc(-c2ccc(Cl)c(Cl)c2)c(Cl)c1. The second kappa shape index (κ2) is 4.50. The predicted octanol–water partition coefficient (Wildman–Crippen LogP) is 4.29. The van der Waals surface area contributed by atoms with Crippen LogP contribution in [0.4, 0.5) is 5.69 Å². The fourth-order valence-corrected chi connectivity index (χ4v) is 1.89. The van der Waals surface area contributed by atoms with E-state index in [0.717, 1.165) is 5.56 Å². The van der Waals surface area contributed by atoms with Gasteiger partial charge < -0.3 is 5.73 Å². The van der Waals surface area contributed by atoms with Crippen LogP contribution in [0.25, 0.3) is 11.3 Å². The molecule has 0 aliphatic rings. The highest BCUT2D eigenvalue weighted by atomic mass is 35.5. The summed E-state index contributed by atoms with van der Waals surface area (Å²) in [5, 5.41) is 1.45. The molecule has 1 aromatic carbocycles. The van der Waals surface area contributed by atoms with Crippen LogP contribution < -0.4 is 5.73 Å². The molecule has 2 N–H and O–H groups in total. The highest BCUT2D eigenvalue weighted by Crippen LogP contribution is 2.31. The number of hydrogen-bond acceptors (Lipinski definition) is 2. The maximum absolute atomic E-state index is 6.04. The van der Waals surface area contributed by atoms with Crippen LogP contribution in [0, 0.1) is 0 Å². The van der Waals surface area contributed by atoms with Crippen LogP contribution in [-0.2, 0) is 0 Å². The van der Waals surface area contributed by atoms with Gasteiger partial charge in [0.1, 0.15) is 0 Å². The van der Waals surface area contributed by atoms with Gasteiger partial charge in [-0.25, -0.2) is 0 Å². The van der Waals surface area contributed by atoms with Gasteiger partial charge in [-0.05, 0) is 18.2 Å². The summed E-state index contributed by atoms with van der Waals surface area (Å²) in [4.78, 5) is 4.16. The van der Waals surface area contributed by atoms with Crippen molar-refractivity contribution < 1.29 is 0 Å². The Morgan fingerprint density at radius 3 is 2.31 bits per heavy atom. The van der Waals surface area contributed by atoms with Gasteiger partial charge in [-0.1, -0.05) is 40.9 Å². The summed E-state index contributed by atoms with van der Waals surface area (Å²) >= 11 is 17.8. The van der Waals surface area contributed by atoms with Gasteiger partial charge >= 0.3 is 0 Å². The lowest BCUT2D eigenvalue weighted by Crippen LogP contribution is -1.90. The molecule has 0 unspecified atom stereocenters. The Labute approximate surface area is 108 Å². The Balaban J connectivity index is 2.54. The molecule has 2 rings (SSSR count). The minimum atomic E-state index is 0.467. The molecule has 1 heterocycles. The lowest BCUT2D eigenvalue weighted by atomic mass is 10.1. The van der Waals surface area contributed by atoms with Gasteiger partial charge in [0.2, 0.25) is 0 Å². The summed E-state index contributed by atoms with van der Waals surface area (Å²) < 4.78 is 0. The van der Waals surface area contributed by atoms with Crippen molar-refractivity contribution >= 4 is 40.5 Å². The smallest absolute Gasteiger partial charge is 0.0890 e. The standard InChI is InChI=1S/C11H7Cl3N2/c12-8-2-1-6(3-9(8)13)11-10(14)4-7(15)5-16-11/h1-5H,15H2. The second-order valence-corrected chi connectivity index (χ2v) is 4.45. The summed E-state index contributed by atoms with van der Waals surface area (Å²) in [6, 6.07) is 6.87. The number of nitrogen functional groups attached to an aromatic ring is 1. The van der Waals surface area contributed by atoms with E-state index < -0.39 is 0 Å². The monoisotopic (exact) mass is 272 g/mol. The molecular formula is C11H7Cl3N2. The van der Waals surface area contributed by atoms with E-state index in [-0.39, 0.29) is 0 Å². The average Bonchev–Trinajstić information content (AvgIpc) is 2.22. The maximum atomic E-state index is 6.04. The number of aromatic nitrogens is 1. The first-order valence-corrected chi connectivity index (χ1v) is 5.58. The lowest BCUT2D eigenvalue weighted by molar-refractivity contribution is 1.33. The van der Waals surface area contributed by atoms with Crippen LogP contribution in [0.2, 0.25) is 15.1 Å². The van der Waals surface area contributed by atoms with Crippen molar-refractivity contribution in [1.29, 1.82) is 0 Å². The van der Waals surface area contributed by atoms with Gasteiger partial charge in [0.15, 0.2) is 0 Å². The molecule has 0 radical (unpaired) electrons. The van der Waals surface area contributed by atoms with E-state index in [2.05, 4.69) is 4.98 Å². The molecule has 5 heteroatoms. The lowest BCUT2D eigenvalue weighted by Gasteiger charge is -2.05. The number of nitrogens with zero attached hydrogens (tertiary/aromatic N) is 1. The summed E-state index contributed by atoms with van der Waals surface area (Å²) in [5.41, 5.74) is 7.53. The first kappa shape index (κ1) is 11.5. The van der Waals surface area contributed by atoms with Gasteiger partial charge in [-0.15, -0.1) is 0 Å². The molecule has 0 fully saturated rings. The van der Waals surface area contributed by atoms with Gasteiger partial charge in [0, 0.05) is 5.56 Å². The summed E-state index contributed by atoms with van der Waals surface area (Å²) in [6.45, 7) is 0. The molecule has 0 aliphatic carbocycles. The number of rotatable bonds is 1. The molecule has 0 amide bonds. The van der Waals surface area contributed by atoms with Crippen molar-refractivity contribution in [2.24, 2.45) is 0 Å². The Bertz CT molecular complexity index is 541. The van der Waals surface area contributed by atoms with Crippen LogP contribution in [-0.4, -0.2) is 4.98 Å². The highest BCUT2D eigenvalue weighted by molar-refractivity contribution is 6.42. The molecule has 0 saturated carbocycles. The first-order chi connectivity index (χ1) is 7.58. The van der Waals surface area contributed by atoms with Gasteiger partial charge in [0.25, 0.3) is 0 Å². The van der Waals surface area contributed by atoms with Crippen LogP contribution >= 0.6 is 34.8 Å². The molecule has 2 nitrogen and oxygen atoms in total. The Morgan fingerprint density at radius 1 is 0.938 bits per heavy atom. The maximum Gasteiger partial charge on any atom is 0.0890 e. The summed E-state index contributed by atoms with van der Waals surface area (Å²) in [6.07, 6.45) is 1.55. The number of nitrogens with two attached hydrogens (primary N) is 1. The zero-order chi connectivity index (χ0) is 11.7. The Kier molecular flexibility index (Phi) is 3.24. The van der Waals surface area contributed by atoms with Crippen LogP contribution in [0.15, 0.2) is 30.5 Å². The molecule has 1 aromatic heterocycles.